The van der Waals surface area contributed by atoms with E-state index in [0.29, 0.717) is 4.90 Å². The number of hydrogen-bond donors (Lipinski definition) is 0. The molecule has 3 rings (SSSR count). The zero-order chi connectivity index (χ0) is 19.1. The van der Waals surface area contributed by atoms with Crippen LogP contribution < -0.4 is 0 Å². The van der Waals surface area contributed by atoms with Crippen molar-refractivity contribution < 1.29 is 14.1 Å². The van der Waals surface area contributed by atoms with Crippen LogP contribution in [0.3, 0.4) is 0 Å². The first kappa shape index (κ1) is 19.5. The maximum atomic E-state index is 12.0. The summed E-state index contributed by atoms with van der Waals surface area (Å²) in [4.78, 5) is 12.7. The zero-order valence-corrected chi connectivity index (χ0v) is 16.2. The summed E-state index contributed by atoms with van der Waals surface area (Å²) in [5.74, 6) is -0.250. The van der Waals surface area contributed by atoms with E-state index in [4.69, 9.17) is 16.3 Å². The molecule has 0 aliphatic rings. The van der Waals surface area contributed by atoms with Crippen LogP contribution in [0.2, 0.25) is 0 Å². The lowest BCUT2D eigenvalue weighted by Gasteiger charge is -2.08. The maximum Gasteiger partial charge on any atom is 0.310 e. The molecule has 0 aliphatic heterocycles. The quantitative estimate of drug-likeness (QED) is 0.321. The summed E-state index contributed by atoms with van der Waals surface area (Å²) in [6.45, 7) is 0.285. The summed E-state index contributed by atoms with van der Waals surface area (Å²) in [5.41, 5.74) is 3.92. The van der Waals surface area contributed by atoms with E-state index in [0.717, 1.165) is 22.3 Å². The van der Waals surface area contributed by atoms with E-state index < -0.39 is 11.2 Å². The molecule has 0 bridgehead atoms. The molecule has 0 N–H and O–H groups in total. The van der Waals surface area contributed by atoms with E-state index in [2.05, 4.69) is 0 Å². The van der Waals surface area contributed by atoms with Gasteiger partial charge < -0.3 is 9.29 Å². The summed E-state index contributed by atoms with van der Waals surface area (Å²) in [6, 6.07) is 24.9. The molecular formula is C22H19ClO3S. The van der Waals surface area contributed by atoms with Crippen molar-refractivity contribution in [1.29, 1.82) is 0 Å². The molecule has 5 heteroatoms. The zero-order valence-electron chi connectivity index (χ0n) is 14.6. The Kier molecular flexibility index (Phi) is 6.93. The Hall–Kier alpha value is -2.27. The van der Waals surface area contributed by atoms with Gasteiger partial charge in [0.1, 0.15) is 6.61 Å². The number of esters is 1. The van der Waals surface area contributed by atoms with Crippen LogP contribution in [0.5, 0.6) is 0 Å². The molecule has 0 saturated carbocycles. The van der Waals surface area contributed by atoms with Gasteiger partial charge in [0.2, 0.25) is 0 Å². The van der Waals surface area contributed by atoms with Crippen molar-refractivity contribution in [2.75, 3.05) is 5.21 Å². The summed E-state index contributed by atoms with van der Waals surface area (Å²) >= 11 is 4.45. The third-order valence-corrected chi connectivity index (χ3v) is 5.69. The molecule has 27 heavy (non-hydrogen) atoms. The molecule has 0 aromatic heterocycles. The minimum Gasteiger partial charge on any atom is -0.610 e. The van der Waals surface area contributed by atoms with Crippen molar-refractivity contribution in [3.8, 4) is 11.1 Å². The molecule has 1 atom stereocenters. The van der Waals surface area contributed by atoms with Gasteiger partial charge in [0.15, 0.2) is 10.1 Å². The molecule has 0 aliphatic carbocycles. The summed E-state index contributed by atoms with van der Waals surface area (Å²) in [5, 5.41) is 0.0917. The number of halogens is 1. The fraction of sp³-hybridized carbons (Fsp3) is 0.136. The van der Waals surface area contributed by atoms with Gasteiger partial charge >= 0.3 is 5.97 Å². The van der Waals surface area contributed by atoms with Crippen LogP contribution in [0.1, 0.15) is 11.1 Å². The van der Waals surface area contributed by atoms with Crippen LogP contribution in [0.25, 0.3) is 11.1 Å². The molecule has 0 radical (unpaired) electrons. The van der Waals surface area contributed by atoms with Gasteiger partial charge in [0.25, 0.3) is 0 Å². The van der Waals surface area contributed by atoms with Crippen LogP contribution in [-0.2, 0) is 33.7 Å². The SMILES string of the molecule is O=C(Cc1ccc(-c2ccc([S+]([O-])CCl)cc2)cc1)OCc1ccccc1. The average molecular weight is 399 g/mol. The molecular weight excluding hydrogens is 380 g/mol. The van der Waals surface area contributed by atoms with E-state index in [1.165, 1.54) is 0 Å². The fourth-order valence-electron chi connectivity index (χ4n) is 2.63. The van der Waals surface area contributed by atoms with Crippen LogP contribution >= 0.6 is 11.6 Å². The molecule has 1 unspecified atom stereocenters. The highest BCUT2D eigenvalue weighted by molar-refractivity contribution is 7.92. The van der Waals surface area contributed by atoms with Crippen LogP contribution in [0.4, 0.5) is 0 Å². The largest absolute Gasteiger partial charge is 0.610 e. The lowest BCUT2D eigenvalue weighted by atomic mass is 10.0. The highest BCUT2D eigenvalue weighted by Crippen LogP contribution is 2.23. The molecule has 0 saturated heterocycles. The second kappa shape index (κ2) is 9.60. The van der Waals surface area contributed by atoms with Gasteiger partial charge in [0, 0.05) is 11.2 Å². The summed E-state index contributed by atoms with van der Waals surface area (Å²) < 4.78 is 17.0. The first-order valence-electron chi connectivity index (χ1n) is 8.49. The number of hydrogen-bond acceptors (Lipinski definition) is 3. The molecule has 0 spiro atoms. The molecule has 3 aromatic carbocycles. The van der Waals surface area contributed by atoms with Crippen LogP contribution in [0, 0.1) is 0 Å². The van der Waals surface area contributed by atoms with Crippen molar-refractivity contribution in [3.05, 3.63) is 90.0 Å². The first-order valence-corrected chi connectivity index (χ1v) is 10.3. The van der Waals surface area contributed by atoms with E-state index in [1.807, 2.05) is 78.9 Å². The van der Waals surface area contributed by atoms with Gasteiger partial charge in [-0.3, -0.25) is 4.79 Å². The highest BCUT2D eigenvalue weighted by Gasteiger charge is 2.09. The molecule has 0 heterocycles. The first-order chi connectivity index (χ1) is 13.2. The average Bonchev–Trinajstić information content (AvgIpc) is 2.73. The molecule has 0 amide bonds. The predicted molar refractivity (Wildman–Crippen MR) is 109 cm³/mol. The fourth-order valence-corrected chi connectivity index (χ4v) is 3.58. The monoisotopic (exact) mass is 398 g/mol. The van der Waals surface area contributed by atoms with Gasteiger partial charge in [-0.25, -0.2) is 0 Å². The van der Waals surface area contributed by atoms with E-state index in [9.17, 15) is 9.35 Å². The number of benzene rings is 3. The lowest BCUT2D eigenvalue weighted by Crippen LogP contribution is -2.07. The van der Waals surface area contributed by atoms with Crippen LogP contribution in [-0.4, -0.2) is 15.7 Å². The number of rotatable bonds is 7. The second-order valence-corrected chi connectivity index (χ2v) is 8.03. The van der Waals surface area contributed by atoms with Crippen LogP contribution in [0.15, 0.2) is 83.8 Å². The Labute approximate surface area is 167 Å². The van der Waals surface area contributed by atoms with Crippen molar-refractivity contribution >= 4 is 28.7 Å². The van der Waals surface area contributed by atoms with E-state index >= 15 is 0 Å². The number of carbonyl (C=O) groups is 1. The molecule has 0 fully saturated rings. The minimum atomic E-state index is -1.17. The standard InChI is InChI=1S/C22H19ClO3S/c23-16-27(25)21-12-10-20(11-13-21)19-8-6-17(7-9-19)14-22(24)26-15-18-4-2-1-3-5-18/h1-13H,14-16H2. The Morgan fingerprint density at radius 2 is 1.44 bits per heavy atom. The maximum absolute atomic E-state index is 12.0. The number of ether oxygens (including phenoxy) is 1. The third-order valence-electron chi connectivity index (χ3n) is 4.09. The smallest absolute Gasteiger partial charge is 0.310 e. The highest BCUT2D eigenvalue weighted by atomic mass is 35.5. The molecule has 3 aromatic rings. The Morgan fingerprint density at radius 3 is 2.04 bits per heavy atom. The summed E-state index contributed by atoms with van der Waals surface area (Å²) in [7, 11) is 0. The molecule has 3 nitrogen and oxygen atoms in total. The van der Waals surface area contributed by atoms with Gasteiger partial charge in [-0.1, -0.05) is 66.2 Å². The Morgan fingerprint density at radius 1 is 0.852 bits per heavy atom. The summed E-state index contributed by atoms with van der Waals surface area (Å²) in [6.07, 6.45) is 0.237. The van der Waals surface area contributed by atoms with E-state index in [1.54, 1.807) is 0 Å². The van der Waals surface area contributed by atoms with Crippen molar-refractivity contribution in [3.63, 3.8) is 0 Å². The number of alkyl halides is 1. The van der Waals surface area contributed by atoms with Gasteiger partial charge in [-0.05, 0) is 46.5 Å². The van der Waals surface area contributed by atoms with Gasteiger partial charge in [0.05, 0.1) is 6.42 Å². The normalized spacial score (nSPS) is 11.8. The topological polar surface area (TPSA) is 49.4 Å². The Bertz CT molecular complexity index is 864. The van der Waals surface area contributed by atoms with Gasteiger partial charge in [-0.15, -0.1) is 0 Å². The second-order valence-electron chi connectivity index (χ2n) is 6.00. The molecule has 138 valence electrons. The van der Waals surface area contributed by atoms with Crippen molar-refractivity contribution in [2.24, 2.45) is 0 Å². The van der Waals surface area contributed by atoms with Gasteiger partial charge in [-0.2, -0.15) is 0 Å². The third kappa shape index (κ3) is 5.60. The van der Waals surface area contributed by atoms with E-state index in [-0.39, 0.29) is 24.2 Å². The number of carbonyl (C=O) groups excluding carboxylic acids is 1. The van der Waals surface area contributed by atoms with Crippen molar-refractivity contribution in [2.45, 2.75) is 17.9 Å². The minimum absolute atomic E-state index is 0.0917. The Balaban J connectivity index is 1.57. The van der Waals surface area contributed by atoms with Crippen molar-refractivity contribution in [1.82, 2.24) is 0 Å². The predicted octanol–water partition coefficient (Wildman–Crippen LogP) is 4.94. The lowest BCUT2D eigenvalue weighted by molar-refractivity contribution is -0.144.